The van der Waals surface area contributed by atoms with Crippen molar-refractivity contribution in [1.29, 1.82) is 0 Å². The summed E-state index contributed by atoms with van der Waals surface area (Å²) in [7, 11) is 0. The highest BCUT2D eigenvalue weighted by Crippen LogP contribution is 2.30. The average Bonchev–Trinajstić information content (AvgIpc) is 2.72. The normalized spacial score (nSPS) is 16.0. The lowest BCUT2D eigenvalue weighted by molar-refractivity contribution is -0.137. The number of piperazine rings is 1. The van der Waals surface area contributed by atoms with Crippen molar-refractivity contribution in [3.8, 4) is 11.3 Å². The second-order valence-electron chi connectivity index (χ2n) is 7.58. The van der Waals surface area contributed by atoms with Crippen LogP contribution in [0.1, 0.15) is 26.3 Å². The Kier molecular flexibility index (Phi) is 8.19. The van der Waals surface area contributed by atoms with Crippen molar-refractivity contribution in [2.45, 2.75) is 39.0 Å². The Morgan fingerprint density at radius 2 is 1.68 bits per heavy atom. The molecule has 2 heterocycles. The van der Waals surface area contributed by atoms with Crippen molar-refractivity contribution >= 4 is 24.3 Å². The Hall–Kier alpha value is -2.46. The van der Waals surface area contributed by atoms with Crippen LogP contribution < -0.4 is 10.2 Å². The number of hydrogen-bond donors (Lipinski definition) is 1. The van der Waals surface area contributed by atoms with Crippen molar-refractivity contribution in [2.75, 3.05) is 31.1 Å². The number of nitrogens with zero attached hydrogens (tertiary/aromatic N) is 5. The summed E-state index contributed by atoms with van der Waals surface area (Å²) in [5, 5.41) is 11.0. The number of halogens is 4. The predicted octanol–water partition coefficient (Wildman–Crippen LogP) is 3.01. The molecule has 1 atom stereocenters. The molecule has 0 radical (unpaired) electrons. The third-order valence-electron chi connectivity index (χ3n) is 5.01. The minimum Gasteiger partial charge on any atom is -0.353 e. The maximum absolute atomic E-state index is 12.8. The third-order valence-corrected chi connectivity index (χ3v) is 5.01. The van der Waals surface area contributed by atoms with E-state index in [1.54, 1.807) is 0 Å². The number of carbonyl (C=O) groups is 1. The Morgan fingerprint density at radius 1 is 1.06 bits per heavy atom. The fourth-order valence-electron chi connectivity index (χ4n) is 3.28. The Morgan fingerprint density at radius 3 is 2.23 bits per heavy atom. The van der Waals surface area contributed by atoms with E-state index in [1.165, 1.54) is 18.3 Å². The van der Waals surface area contributed by atoms with Crippen LogP contribution in [0.2, 0.25) is 0 Å². The van der Waals surface area contributed by atoms with Gasteiger partial charge in [0.15, 0.2) is 0 Å². The van der Waals surface area contributed by atoms with Gasteiger partial charge in [-0.25, -0.2) is 4.98 Å². The number of amides is 1. The molecule has 11 heteroatoms. The lowest BCUT2D eigenvalue weighted by Crippen LogP contribution is -2.54. The number of benzene rings is 1. The van der Waals surface area contributed by atoms with E-state index in [0.29, 0.717) is 43.4 Å². The van der Waals surface area contributed by atoms with Gasteiger partial charge in [-0.15, -0.1) is 17.5 Å². The summed E-state index contributed by atoms with van der Waals surface area (Å²) in [4.78, 5) is 20.8. The predicted molar refractivity (Wildman–Crippen MR) is 114 cm³/mol. The molecule has 31 heavy (non-hydrogen) atoms. The summed E-state index contributed by atoms with van der Waals surface area (Å²) in [6.07, 6.45) is -2.95. The Balaban J connectivity index is 0.00000341. The molecule has 1 aliphatic heterocycles. The molecular weight excluding hydrogens is 433 g/mol. The fourth-order valence-corrected chi connectivity index (χ4v) is 3.28. The minimum atomic E-state index is -4.38. The van der Waals surface area contributed by atoms with E-state index in [0.717, 1.165) is 12.1 Å². The minimum absolute atomic E-state index is 0. The first-order chi connectivity index (χ1) is 14.1. The van der Waals surface area contributed by atoms with Crippen molar-refractivity contribution in [3.05, 3.63) is 36.0 Å². The summed E-state index contributed by atoms with van der Waals surface area (Å²) >= 11 is 0. The van der Waals surface area contributed by atoms with Crippen LogP contribution in [0.3, 0.4) is 0 Å². The van der Waals surface area contributed by atoms with Gasteiger partial charge in [0.2, 0.25) is 11.9 Å². The van der Waals surface area contributed by atoms with Gasteiger partial charge in [-0.1, -0.05) is 12.1 Å². The van der Waals surface area contributed by atoms with Gasteiger partial charge in [0.1, 0.15) is 0 Å². The summed E-state index contributed by atoms with van der Waals surface area (Å²) in [5.74, 6) is 0.423. The van der Waals surface area contributed by atoms with Crippen LogP contribution >= 0.6 is 12.4 Å². The molecule has 0 unspecified atom stereocenters. The first-order valence-corrected chi connectivity index (χ1v) is 9.82. The molecule has 2 aromatic rings. The van der Waals surface area contributed by atoms with Gasteiger partial charge in [0.05, 0.1) is 23.5 Å². The zero-order chi connectivity index (χ0) is 21.9. The Labute approximate surface area is 185 Å². The van der Waals surface area contributed by atoms with Crippen LogP contribution in [0.5, 0.6) is 0 Å². The van der Waals surface area contributed by atoms with Gasteiger partial charge >= 0.3 is 6.18 Å². The zero-order valence-electron chi connectivity index (χ0n) is 17.6. The van der Waals surface area contributed by atoms with Gasteiger partial charge in [0, 0.05) is 37.8 Å². The van der Waals surface area contributed by atoms with E-state index in [4.69, 9.17) is 0 Å². The molecule has 0 spiro atoms. The van der Waals surface area contributed by atoms with Gasteiger partial charge in [-0.2, -0.15) is 18.3 Å². The lowest BCUT2D eigenvalue weighted by atomic mass is 10.1. The highest BCUT2D eigenvalue weighted by atomic mass is 35.5. The first kappa shape index (κ1) is 24.8. The van der Waals surface area contributed by atoms with Crippen LogP contribution in [0, 0.1) is 0 Å². The summed E-state index contributed by atoms with van der Waals surface area (Å²) in [6.45, 7) is 8.32. The SMILES string of the molecule is CC(C)NC(=O)[C@H](C)N1CCN(c2nncc(-c3ccc(C(F)(F)F)cc3)n2)CC1.Cl. The van der Waals surface area contributed by atoms with E-state index in [2.05, 4.69) is 25.4 Å². The molecule has 1 fully saturated rings. The number of nitrogens with one attached hydrogen (secondary N) is 1. The van der Waals surface area contributed by atoms with Gasteiger partial charge < -0.3 is 10.2 Å². The third kappa shape index (κ3) is 6.27. The molecule has 7 nitrogen and oxygen atoms in total. The fraction of sp³-hybridized carbons (Fsp3) is 0.500. The quantitative estimate of drug-likeness (QED) is 0.742. The van der Waals surface area contributed by atoms with E-state index in [1.807, 2.05) is 25.7 Å². The van der Waals surface area contributed by atoms with Gasteiger partial charge in [-0.3, -0.25) is 9.69 Å². The second-order valence-corrected chi connectivity index (χ2v) is 7.58. The lowest BCUT2D eigenvalue weighted by Gasteiger charge is -2.37. The molecule has 170 valence electrons. The molecule has 1 N–H and O–H groups in total. The standard InChI is InChI=1S/C20H25F3N6O.ClH/c1-13(2)25-18(30)14(3)28-8-10-29(11-9-28)19-26-17(12-24-27-19)15-4-6-16(7-5-15)20(21,22)23;/h4-7,12-14H,8-11H2,1-3H3,(H,25,30);1H/t14-;/m0./s1. The Bertz CT molecular complexity index is 870. The molecule has 1 amide bonds. The number of alkyl halides is 3. The van der Waals surface area contributed by atoms with E-state index < -0.39 is 11.7 Å². The van der Waals surface area contributed by atoms with Crippen molar-refractivity contribution < 1.29 is 18.0 Å². The molecule has 1 aromatic carbocycles. The van der Waals surface area contributed by atoms with Gasteiger partial charge in [0.25, 0.3) is 0 Å². The van der Waals surface area contributed by atoms with Crippen LogP contribution in [0.4, 0.5) is 19.1 Å². The first-order valence-electron chi connectivity index (χ1n) is 9.82. The van der Waals surface area contributed by atoms with Gasteiger partial charge in [-0.05, 0) is 32.9 Å². The monoisotopic (exact) mass is 458 g/mol. The van der Waals surface area contributed by atoms with E-state index in [9.17, 15) is 18.0 Å². The molecule has 0 saturated carbocycles. The van der Waals surface area contributed by atoms with Crippen molar-refractivity contribution in [1.82, 2.24) is 25.4 Å². The highest BCUT2D eigenvalue weighted by Gasteiger charge is 2.30. The summed E-state index contributed by atoms with van der Waals surface area (Å²) in [5.41, 5.74) is 0.290. The molecule has 1 saturated heterocycles. The highest BCUT2D eigenvalue weighted by molar-refractivity contribution is 5.85. The second kappa shape index (κ2) is 10.2. The molecular formula is C20H26ClF3N6O. The largest absolute Gasteiger partial charge is 0.416 e. The van der Waals surface area contributed by atoms with Crippen molar-refractivity contribution in [2.24, 2.45) is 0 Å². The zero-order valence-corrected chi connectivity index (χ0v) is 18.4. The maximum atomic E-state index is 12.8. The topological polar surface area (TPSA) is 74.2 Å². The smallest absolute Gasteiger partial charge is 0.353 e. The summed E-state index contributed by atoms with van der Waals surface area (Å²) in [6, 6.07) is 4.67. The number of aromatic nitrogens is 3. The molecule has 3 rings (SSSR count). The van der Waals surface area contributed by atoms with Crippen LogP contribution in [0.25, 0.3) is 11.3 Å². The number of anilines is 1. The summed E-state index contributed by atoms with van der Waals surface area (Å²) < 4.78 is 38.3. The maximum Gasteiger partial charge on any atom is 0.416 e. The molecule has 0 aliphatic carbocycles. The molecule has 1 aromatic heterocycles. The number of carbonyl (C=O) groups excluding carboxylic acids is 1. The van der Waals surface area contributed by atoms with E-state index in [-0.39, 0.29) is 30.4 Å². The average molecular weight is 459 g/mol. The van der Waals surface area contributed by atoms with Crippen LogP contribution in [-0.2, 0) is 11.0 Å². The van der Waals surface area contributed by atoms with E-state index >= 15 is 0 Å². The molecule has 0 bridgehead atoms. The van der Waals surface area contributed by atoms with Crippen LogP contribution in [-0.4, -0.2) is 64.3 Å². The molecule has 1 aliphatic rings. The number of rotatable bonds is 5. The van der Waals surface area contributed by atoms with Crippen molar-refractivity contribution in [3.63, 3.8) is 0 Å². The van der Waals surface area contributed by atoms with Crippen LogP contribution in [0.15, 0.2) is 30.5 Å². The number of hydrogen-bond acceptors (Lipinski definition) is 6.